The molecule has 0 fully saturated rings. The van der Waals surface area contributed by atoms with Crippen molar-refractivity contribution in [2.45, 2.75) is 0 Å². The number of hydrogen-bond donors (Lipinski definition) is 0. The van der Waals surface area contributed by atoms with Gasteiger partial charge in [-0.3, -0.25) is 9.37 Å². The molecule has 0 N–H and O–H groups in total. The van der Waals surface area contributed by atoms with Crippen molar-refractivity contribution in [1.82, 2.24) is 24.5 Å². The minimum absolute atomic E-state index is 0. The van der Waals surface area contributed by atoms with Gasteiger partial charge < -0.3 is 14.0 Å². The Labute approximate surface area is 276 Å². The van der Waals surface area contributed by atoms with Crippen LogP contribution in [0.4, 0.5) is 4.39 Å². The van der Waals surface area contributed by atoms with Gasteiger partial charge in [-0.05, 0) is 47.5 Å². The van der Waals surface area contributed by atoms with Crippen molar-refractivity contribution < 1.29 is 28.9 Å². The first kappa shape index (κ1) is 29.2. The Morgan fingerprint density at radius 2 is 1.43 bits per heavy atom. The number of para-hydroxylation sites is 4. The van der Waals surface area contributed by atoms with Crippen LogP contribution < -0.4 is 0 Å². The Bertz CT molecular complexity index is 2410. The van der Waals surface area contributed by atoms with E-state index in [4.69, 9.17) is 19.4 Å². The molecule has 0 saturated carbocycles. The maximum Gasteiger partial charge on any atom is 0.188 e. The Balaban J connectivity index is 0.000000220. The van der Waals surface area contributed by atoms with Crippen molar-refractivity contribution in [2.24, 2.45) is 0 Å². The first-order valence-corrected chi connectivity index (χ1v) is 14.4. The second-order valence-corrected chi connectivity index (χ2v) is 10.3. The van der Waals surface area contributed by atoms with Crippen molar-refractivity contribution in [1.29, 1.82) is 0 Å². The van der Waals surface area contributed by atoms with Gasteiger partial charge in [0.1, 0.15) is 5.58 Å². The molecular formula is C38H22FIrN5O-2. The van der Waals surface area contributed by atoms with Gasteiger partial charge in [-0.2, -0.15) is 0 Å². The van der Waals surface area contributed by atoms with E-state index in [-0.39, 0.29) is 25.9 Å². The largest absolute Gasteiger partial charge is 0.500 e. The van der Waals surface area contributed by atoms with Crippen molar-refractivity contribution in [3.8, 4) is 28.3 Å². The minimum atomic E-state index is -0.386. The Hall–Kier alpha value is -5.56. The summed E-state index contributed by atoms with van der Waals surface area (Å²) in [5.74, 6) is 0.152. The summed E-state index contributed by atoms with van der Waals surface area (Å²) in [5.41, 5.74) is 7.06. The van der Waals surface area contributed by atoms with E-state index in [0.29, 0.717) is 44.6 Å². The molecule has 4 aromatic heterocycles. The molecule has 0 amide bonds. The molecule has 0 bridgehead atoms. The summed E-state index contributed by atoms with van der Waals surface area (Å²) in [7, 11) is 0. The van der Waals surface area contributed by atoms with Gasteiger partial charge in [0, 0.05) is 43.2 Å². The quantitative estimate of drug-likeness (QED) is 0.168. The third-order valence-corrected chi connectivity index (χ3v) is 7.46. The Kier molecular flexibility index (Phi) is 7.89. The zero-order valence-corrected chi connectivity index (χ0v) is 26.5. The normalized spacial score (nSPS) is 11.0. The van der Waals surface area contributed by atoms with E-state index in [9.17, 15) is 4.39 Å². The molecule has 8 heteroatoms. The fraction of sp³-hybridized carbons (Fsp3) is 0. The Morgan fingerprint density at radius 1 is 0.696 bits per heavy atom. The standard InChI is InChI=1S/C27H14FN4O.C11H8N.Ir/c28-19-15-14-18(24-23(19)17-10-4-7-13-22(17)33-24)26-31-25-27(32(26)16-8-2-1-3-9-16)30-21-12-6-5-11-20(21)29-25;1-2-6-10(7-3-1)11-8-4-5-9-12-11;/h1-13,15H;1-6,8-9H;/q2*-1;. The molecule has 0 aliphatic heterocycles. The molecule has 0 unspecified atom stereocenters. The van der Waals surface area contributed by atoms with Gasteiger partial charge in [0.25, 0.3) is 0 Å². The van der Waals surface area contributed by atoms with Gasteiger partial charge in [0.2, 0.25) is 0 Å². The van der Waals surface area contributed by atoms with Crippen LogP contribution in [0.15, 0.2) is 138 Å². The second-order valence-electron chi connectivity index (χ2n) is 10.3. The molecule has 0 aliphatic carbocycles. The SMILES string of the molecule is Fc1c[c-]c(-c2nc3nc4ccccc4nc3n2-c2ccccc2)c2oc3ccccc3c12.[Ir].[c-]1ccccc1-c1ccccn1. The van der Waals surface area contributed by atoms with Crippen LogP contribution in [0, 0.1) is 17.9 Å². The minimum Gasteiger partial charge on any atom is -0.500 e. The predicted molar refractivity (Wildman–Crippen MR) is 174 cm³/mol. The first-order valence-electron chi connectivity index (χ1n) is 14.4. The number of furan rings is 1. The topological polar surface area (TPSA) is 69.6 Å². The summed E-state index contributed by atoms with van der Waals surface area (Å²) in [6, 6.07) is 46.1. The second kappa shape index (κ2) is 12.4. The number of hydrogen-bond acceptors (Lipinski definition) is 5. The average Bonchev–Trinajstić information content (AvgIpc) is 3.68. The maximum atomic E-state index is 14.9. The van der Waals surface area contributed by atoms with Crippen molar-refractivity contribution in [2.75, 3.05) is 0 Å². The van der Waals surface area contributed by atoms with Crippen LogP contribution in [0.25, 0.3) is 72.6 Å². The molecule has 0 aliphatic rings. The van der Waals surface area contributed by atoms with Crippen molar-refractivity contribution in [3.63, 3.8) is 0 Å². The summed E-state index contributed by atoms with van der Waals surface area (Å²) < 4.78 is 23.0. The van der Waals surface area contributed by atoms with E-state index in [0.717, 1.165) is 28.0 Å². The van der Waals surface area contributed by atoms with Gasteiger partial charge in [-0.15, -0.1) is 48.0 Å². The number of fused-ring (bicyclic) bond motifs is 5. The van der Waals surface area contributed by atoms with Gasteiger partial charge in [0.15, 0.2) is 11.3 Å². The number of halogens is 1. The molecule has 0 atom stereocenters. The summed E-state index contributed by atoms with van der Waals surface area (Å²) in [5, 5.41) is 1.13. The van der Waals surface area contributed by atoms with Gasteiger partial charge in [-0.25, -0.2) is 9.97 Å². The fourth-order valence-electron chi connectivity index (χ4n) is 5.42. The smallest absolute Gasteiger partial charge is 0.188 e. The molecule has 5 aromatic carbocycles. The van der Waals surface area contributed by atoms with Gasteiger partial charge in [-0.1, -0.05) is 66.2 Å². The molecule has 223 valence electrons. The zero-order chi connectivity index (χ0) is 30.2. The van der Waals surface area contributed by atoms with Crippen LogP contribution in [0.5, 0.6) is 0 Å². The maximum absolute atomic E-state index is 14.9. The van der Waals surface area contributed by atoms with Crippen molar-refractivity contribution >= 4 is 44.3 Å². The third kappa shape index (κ3) is 5.24. The fourth-order valence-corrected chi connectivity index (χ4v) is 5.42. The number of pyridine rings is 1. The zero-order valence-electron chi connectivity index (χ0n) is 24.1. The van der Waals surface area contributed by atoms with E-state index in [1.54, 1.807) is 6.20 Å². The van der Waals surface area contributed by atoms with Crippen LogP contribution in [-0.4, -0.2) is 24.5 Å². The van der Waals surface area contributed by atoms with E-state index in [1.807, 2.05) is 126 Å². The number of rotatable bonds is 3. The van der Waals surface area contributed by atoms with Gasteiger partial charge >= 0.3 is 0 Å². The third-order valence-electron chi connectivity index (χ3n) is 7.46. The molecule has 6 nitrogen and oxygen atoms in total. The van der Waals surface area contributed by atoms with E-state index in [2.05, 4.69) is 17.1 Å². The summed E-state index contributed by atoms with van der Waals surface area (Å²) in [6.07, 6.45) is 1.79. The van der Waals surface area contributed by atoms with Crippen LogP contribution in [0.1, 0.15) is 0 Å². The number of aromatic nitrogens is 5. The monoisotopic (exact) mass is 776 g/mol. The van der Waals surface area contributed by atoms with Crippen LogP contribution in [-0.2, 0) is 20.1 Å². The summed E-state index contributed by atoms with van der Waals surface area (Å²) in [4.78, 5) is 18.7. The Morgan fingerprint density at radius 3 is 2.22 bits per heavy atom. The van der Waals surface area contributed by atoms with E-state index >= 15 is 0 Å². The molecule has 1 radical (unpaired) electrons. The number of nitrogens with zero attached hydrogens (tertiary/aromatic N) is 5. The molecule has 4 heterocycles. The van der Waals surface area contributed by atoms with Gasteiger partial charge in [0.05, 0.1) is 22.4 Å². The number of imidazole rings is 1. The van der Waals surface area contributed by atoms with Crippen LogP contribution in [0.2, 0.25) is 0 Å². The van der Waals surface area contributed by atoms with E-state index in [1.165, 1.54) is 6.07 Å². The molecule has 9 aromatic rings. The summed E-state index contributed by atoms with van der Waals surface area (Å²) in [6.45, 7) is 0. The number of benzene rings is 5. The predicted octanol–water partition coefficient (Wildman–Crippen LogP) is 9.02. The van der Waals surface area contributed by atoms with E-state index < -0.39 is 0 Å². The molecule has 0 saturated heterocycles. The molecule has 0 spiro atoms. The van der Waals surface area contributed by atoms with Crippen LogP contribution >= 0.6 is 0 Å². The average molecular weight is 776 g/mol. The summed E-state index contributed by atoms with van der Waals surface area (Å²) >= 11 is 0. The molecule has 46 heavy (non-hydrogen) atoms. The molecule has 9 rings (SSSR count). The van der Waals surface area contributed by atoms with Crippen LogP contribution in [0.3, 0.4) is 0 Å². The van der Waals surface area contributed by atoms with Crippen molar-refractivity contribution in [3.05, 3.63) is 152 Å². The molecular weight excluding hydrogens is 754 g/mol. The first-order chi connectivity index (χ1) is 22.2.